The zero-order valence-electron chi connectivity index (χ0n) is 24.1. The highest BCUT2D eigenvalue weighted by molar-refractivity contribution is 6.31. The number of nitrogens with two attached hydrogens (primary N) is 2. The average Bonchev–Trinajstić information content (AvgIpc) is 3.28. The number of fused-ring (bicyclic) bond motifs is 1. The van der Waals surface area contributed by atoms with E-state index in [4.69, 9.17) is 27.8 Å². The molecular formula is C27H38ClN10O4+. The van der Waals surface area contributed by atoms with Gasteiger partial charge in [-0.05, 0) is 46.7 Å². The third-order valence-corrected chi connectivity index (χ3v) is 7.37. The van der Waals surface area contributed by atoms with Crippen LogP contribution in [0, 0.1) is 0 Å². The molecule has 0 unspecified atom stereocenters. The fourth-order valence-corrected chi connectivity index (χ4v) is 5.21. The minimum absolute atomic E-state index is 0.0346. The van der Waals surface area contributed by atoms with E-state index in [2.05, 4.69) is 31.2 Å². The molecule has 1 aliphatic heterocycles. The van der Waals surface area contributed by atoms with Gasteiger partial charge in [0.2, 0.25) is 0 Å². The first-order valence-electron chi connectivity index (χ1n) is 14.0. The second-order valence-electron chi connectivity index (χ2n) is 9.80. The molecule has 3 heterocycles. The number of carbonyl (C=O) groups is 3. The summed E-state index contributed by atoms with van der Waals surface area (Å²) in [6.07, 6.45) is 1.64. The van der Waals surface area contributed by atoms with E-state index in [9.17, 15) is 14.4 Å². The van der Waals surface area contributed by atoms with Gasteiger partial charge in [-0.25, -0.2) is 19.1 Å². The molecule has 14 nitrogen and oxygen atoms in total. The standard InChI is InChI=1S/C27H37ClN10O4/c1-4-32-20(39)14-42-19-12-18-17(11-16(19)26(40)34-15-7-9-31-10-8-15)37(5-2)21(38(18)6-3)13-33-27(41)22-24(29)36-25(30)23(28)35-22/h11-12,15,31H,4-10,13-14H2,1-3H3,(H6-,29,30,32,33,34,36,39,40,41)/p+1. The van der Waals surface area contributed by atoms with Crippen molar-refractivity contribution in [3.63, 3.8) is 0 Å². The van der Waals surface area contributed by atoms with Gasteiger partial charge < -0.3 is 37.5 Å². The van der Waals surface area contributed by atoms with Crippen LogP contribution in [0.3, 0.4) is 0 Å². The van der Waals surface area contributed by atoms with Crippen molar-refractivity contribution in [2.75, 3.05) is 37.7 Å². The predicted octanol–water partition coefficient (Wildman–Crippen LogP) is 0.503. The summed E-state index contributed by atoms with van der Waals surface area (Å²) in [6.45, 7) is 8.88. The molecule has 0 aliphatic carbocycles. The van der Waals surface area contributed by atoms with Crippen molar-refractivity contribution in [2.45, 2.75) is 59.3 Å². The van der Waals surface area contributed by atoms with E-state index in [0.717, 1.165) is 42.8 Å². The Morgan fingerprint density at radius 2 is 1.83 bits per heavy atom. The maximum absolute atomic E-state index is 13.5. The van der Waals surface area contributed by atoms with Crippen molar-refractivity contribution in [3.8, 4) is 5.75 Å². The number of anilines is 2. The van der Waals surface area contributed by atoms with Gasteiger partial charge in [-0.2, -0.15) is 0 Å². The van der Waals surface area contributed by atoms with E-state index >= 15 is 0 Å². The van der Waals surface area contributed by atoms with E-state index < -0.39 is 5.91 Å². The van der Waals surface area contributed by atoms with Crippen LogP contribution in [0.4, 0.5) is 11.6 Å². The van der Waals surface area contributed by atoms with Crippen LogP contribution in [0.25, 0.3) is 11.0 Å². The summed E-state index contributed by atoms with van der Waals surface area (Å²) in [7, 11) is 0. The number of rotatable bonds is 11. The van der Waals surface area contributed by atoms with Crippen molar-refractivity contribution >= 4 is 52.0 Å². The number of nitrogen functional groups attached to an aromatic ring is 2. The molecule has 1 saturated heterocycles. The molecule has 1 fully saturated rings. The molecule has 226 valence electrons. The van der Waals surface area contributed by atoms with Crippen LogP contribution < -0.4 is 42.0 Å². The summed E-state index contributed by atoms with van der Waals surface area (Å²) in [5.74, 6) is -0.257. The lowest BCUT2D eigenvalue weighted by atomic mass is 10.1. The summed E-state index contributed by atoms with van der Waals surface area (Å²) in [4.78, 5) is 46.6. The molecule has 0 spiro atoms. The second-order valence-corrected chi connectivity index (χ2v) is 10.2. The van der Waals surface area contributed by atoms with Crippen LogP contribution in [0.1, 0.15) is 60.3 Å². The third-order valence-electron chi connectivity index (χ3n) is 7.09. The number of nitrogens with one attached hydrogen (secondary N) is 4. The van der Waals surface area contributed by atoms with Crippen molar-refractivity contribution in [1.82, 2.24) is 35.8 Å². The Hall–Kier alpha value is -4.17. The third kappa shape index (κ3) is 6.65. The monoisotopic (exact) mass is 601 g/mol. The quantitative estimate of drug-likeness (QED) is 0.170. The van der Waals surface area contributed by atoms with E-state index in [1.807, 2.05) is 29.9 Å². The Kier molecular flexibility index (Phi) is 10.0. The number of piperidine rings is 1. The molecule has 3 aromatic rings. The van der Waals surface area contributed by atoms with Gasteiger partial charge in [0.25, 0.3) is 23.5 Å². The van der Waals surface area contributed by atoms with E-state index in [0.29, 0.717) is 30.9 Å². The molecule has 3 amide bonds. The van der Waals surface area contributed by atoms with Crippen molar-refractivity contribution < 1.29 is 23.7 Å². The highest BCUT2D eigenvalue weighted by Gasteiger charge is 2.29. The topological polar surface area (TPSA) is 195 Å². The van der Waals surface area contributed by atoms with Crippen molar-refractivity contribution in [2.24, 2.45) is 0 Å². The molecule has 42 heavy (non-hydrogen) atoms. The molecule has 4 rings (SSSR count). The van der Waals surface area contributed by atoms with Gasteiger partial charge in [0.15, 0.2) is 40.1 Å². The number of halogens is 1. The number of aryl methyl sites for hydroxylation is 2. The highest BCUT2D eigenvalue weighted by Crippen LogP contribution is 2.27. The molecule has 0 atom stereocenters. The van der Waals surface area contributed by atoms with Crippen LogP contribution >= 0.6 is 11.6 Å². The number of aromatic nitrogens is 4. The first-order valence-corrected chi connectivity index (χ1v) is 14.4. The van der Waals surface area contributed by atoms with Gasteiger partial charge in [0.1, 0.15) is 12.3 Å². The van der Waals surface area contributed by atoms with Crippen LogP contribution in [-0.4, -0.2) is 64.5 Å². The smallest absolute Gasteiger partial charge is 0.277 e. The molecule has 2 aromatic heterocycles. The van der Waals surface area contributed by atoms with E-state index in [-0.39, 0.29) is 53.5 Å². The maximum Gasteiger partial charge on any atom is 0.277 e. The lowest BCUT2D eigenvalue weighted by Crippen LogP contribution is -2.43. The summed E-state index contributed by atoms with van der Waals surface area (Å²) < 4.78 is 9.94. The van der Waals surface area contributed by atoms with Gasteiger partial charge in [-0.1, -0.05) is 11.6 Å². The van der Waals surface area contributed by atoms with Gasteiger partial charge in [-0.3, -0.25) is 14.4 Å². The molecule has 1 aliphatic rings. The minimum atomic E-state index is -0.564. The average molecular weight is 602 g/mol. The van der Waals surface area contributed by atoms with E-state index in [1.54, 1.807) is 12.1 Å². The Labute approximate surface area is 248 Å². The molecule has 15 heteroatoms. The normalized spacial score (nSPS) is 13.6. The Balaban J connectivity index is 1.72. The maximum atomic E-state index is 13.5. The number of benzene rings is 1. The number of hydrogen-bond acceptors (Lipinski definition) is 9. The zero-order chi connectivity index (χ0) is 30.4. The number of hydrogen-bond donors (Lipinski definition) is 6. The first kappa shape index (κ1) is 30.8. The SMILES string of the molecule is CCNC(=O)COc1cc2c(cc1C(=O)NC1CCNCC1)[n+](CC)c(CNC(=O)c1nc(Cl)c(N)nc1N)n2CC. The summed E-state index contributed by atoms with van der Waals surface area (Å²) in [5, 5.41) is 11.9. The summed E-state index contributed by atoms with van der Waals surface area (Å²) >= 11 is 5.96. The summed E-state index contributed by atoms with van der Waals surface area (Å²) in [6, 6.07) is 3.59. The van der Waals surface area contributed by atoms with Gasteiger partial charge in [0, 0.05) is 24.7 Å². The number of imidazole rings is 1. The number of likely N-dealkylation sites (N-methyl/N-ethyl adjacent to an activating group) is 1. The lowest BCUT2D eigenvalue weighted by Gasteiger charge is -2.24. The van der Waals surface area contributed by atoms with E-state index in [1.165, 1.54) is 0 Å². The largest absolute Gasteiger partial charge is 0.483 e. The number of ether oxygens (including phenoxy) is 1. The first-order chi connectivity index (χ1) is 20.2. The fraction of sp³-hybridized carbons (Fsp3) is 0.481. The number of carbonyl (C=O) groups excluding carboxylic acids is 3. The Bertz CT molecular complexity index is 1490. The van der Waals surface area contributed by atoms with Crippen LogP contribution in [0.15, 0.2) is 12.1 Å². The zero-order valence-corrected chi connectivity index (χ0v) is 24.8. The Morgan fingerprint density at radius 1 is 1.10 bits per heavy atom. The number of nitrogens with zero attached hydrogens (tertiary/aromatic N) is 4. The molecule has 0 radical (unpaired) electrons. The molecule has 8 N–H and O–H groups in total. The lowest BCUT2D eigenvalue weighted by molar-refractivity contribution is -0.676. The van der Waals surface area contributed by atoms with Crippen LogP contribution in [0.2, 0.25) is 5.15 Å². The molecule has 1 aromatic carbocycles. The highest BCUT2D eigenvalue weighted by atomic mass is 35.5. The second kappa shape index (κ2) is 13.7. The van der Waals surface area contributed by atoms with Crippen LogP contribution in [-0.2, 0) is 24.4 Å². The van der Waals surface area contributed by atoms with Crippen molar-refractivity contribution in [3.05, 3.63) is 34.4 Å². The number of amides is 3. The van der Waals surface area contributed by atoms with Gasteiger partial charge >= 0.3 is 0 Å². The Morgan fingerprint density at radius 3 is 2.50 bits per heavy atom. The fourth-order valence-electron chi connectivity index (χ4n) is 5.08. The molecular weight excluding hydrogens is 564 g/mol. The minimum Gasteiger partial charge on any atom is -0.483 e. The molecule has 0 bridgehead atoms. The van der Waals surface area contributed by atoms with Gasteiger partial charge in [0.05, 0.1) is 18.7 Å². The predicted molar refractivity (Wildman–Crippen MR) is 158 cm³/mol. The summed E-state index contributed by atoms with van der Waals surface area (Å²) in [5.41, 5.74) is 13.3. The van der Waals surface area contributed by atoms with Gasteiger partial charge in [-0.15, -0.1) is 0 Å². The van der Waals surface area contributed by atoms with Crippen molar-refractivity contribution in [1.29, 1.82) is 0 Å². The molecule has 0 saturated carbocycles. The van der Waals surface area contributed by atoms with Crippen LogP contribution in [0.5, 0.6) is 5.75 Å².